The average Bonchev–Trinajstić information content (AvgIpc) is 2.47. The minimum atomic E-state index is -0.593. The standard InChI is InChI=1S/C19H29NO2/c1-13(2)18(21)16(15-10-8-7-9-11-15)12-17(20(5)6)19(22)14(3)4/h7-14,17-18,21H,1-6H3. The number of Topliss-reactive ketones (excluding diaryl/α,β-unsaturated/α-hetero) is 1. The first-order chi connectivity index (χ1) is 10.3. The largest absolute Gasteiger partial charge is 0.388 e. The Kier molecular flexibility index (Phi) is 6.98. The number of hydrogen-bond donors (Lipinski definition) is 1. The molecule has 0 aliphatic rings. The molecule has 3 nitrogen and oxygen atoms in total. The molecular formula is C19H29NO2. The van der Waals surface area contributed by atoms with Gasteiger partial charge in [-0.25, -0.2) is 0 Å². The molecule has 3 heteroatoms. The van der Waals surface area contributed by atoms with Crippen molar-refractivity contribution in [2.24, 2.45) is 11.8 Å². The Morgan fingerprint density at radius 2 is 1.64 bits per heavy atom. The van der Waals surface area contributed by atoms with Crippen LogP contribution in [0.1, 0.15) is 33.3 Å². The predicted octanol–water partition coefficient (Wildman–Crippen LogP) is 3.24. The molecule has 2 unspecified atom stereocenters. The van der Waals surface area contributed by atoms with E-state index in [9.17, 15) is 9.90 Å². The Balaban J connectivity index is 3.32. The number of likely N-dealkylation sites (N-methyl/N-ethyl adjacent to an activating group) is 1. The topological polar surface area (TPSA) is 40.5 Å². The van der Waals surface area contributed by atoms with Crippen molar-refractivity contribution in [1.82, 2.24) is 4.90 Å². The van der Waals surface area contributed by atoms with Crippen LogP contribution in [0.25, 0.3) is 5.57 Å². The van der Waals surface area contributed by atoms with E-state index in [1.807, 2.05) is 83.1 Å². The Hall–Kier alpha value is -1.45. The van der Waals surface area contributed by atoms with Crippen LogP contribution < -0.4 is 0 Å². The van der Waals surface area contributed by atoms with Crippen molar-refractivity contribution in [3.05, 3.63) is 42.0 Å². The highest BCUT2D eigenvalue weighted by Crippen LogP contribution is 2.25. The van der Waals surface area contributed by atoms with E-state index in [0.29, 0.717) is 0 Å². The number of aliphatic hydroxyl groups excluding tert-OH is 1. The van der Waals surface area contributed by atoms with Crippen molar-refractivity contribution in [3.63, 3.8) is 0 Å². The fourth-order valence-electron chi connectivity index (χ4n) is 2.35. The molecule has 0 saturated heterocycles. The maximum atomic E-state index is 12.5. The van der Waals surface area contributed by atoms with E-state index >= 15 is 0 Å². The van der Waals surface area contributed by atoms with Crippen LogP contribution in [0.4, 0.5) is 0 Å². The van der Waals surface area contributed by atoms with Crippen molar-refractivity contribution in [1.29, 1.82) is 0 Å². The van der Waals surface area contributed by atoms with Crippen molar-refractivity contribution in [2.45, 2.75) is 39.8 Å². The Labute approximate surface area is 134 Å². The first-order valence-electron chi connectivity index (χ1n) is 7.91. The second kappa shape index (κ2) is 8.25. The summed E-state index contributed by atoms with van der Waals surface area (Å²) in [5.74, 6) is 0.203. The van der Waals surface area contributed by atoms with Crippen LogP contribution in [-0.4, -0.2) is 42.0 Å². The molecule has 2 atom stereocenters. The third kappa shape index (κ3) is 4.79. The molecule has 1 aromatic rings. The van der Waals surface area contributed by atoms with Crippen LogP contribution in [0.2, 0.25) is 0 Å². The van der Waals surface area contributed by atoms with Gasteiger partial charge in [-0.1, -0.05) is 64.1 Å². The smallest absolute Gasteiger partial charge is 0.156 e. The van der Waals surface area contributed by atoms with Gasteiger partial charge in [-0.05, 0) is 31.1 Å². The number of ketones is 1. The first-order valence-corrected chi connectivity index (χ1v) is 7.91. The van der Waals surface area contributed by atoms with Gasteiger partial charge in [-0.2, -0.15) is 0 Å². The lowest BCUT2D eigenvalue weighted by molar-refractivity contribution is -0.124. The fraction of sp³-hybridized carbons (Fsp3) is 0.526. The van der Waals surface area contributed by atoms with Crippen LogP contribution in [-0.2, 0) is 4.79 Å². The third-order valence-electron chi connectivity index (χ3n) is 3.81. The molecule has 0 aliphatic heterocycles. The zero-order valence-electron chi connectivity index (χ0n) is 14.6. The number of nitrogens with zero attached hydrogens (tertiary/aromatic N) is 1. The summed E-state index contributed by atoms with van der Waals surface area (Å²) in [6, 6.07) is 9.47. The number of rotatable bonds is 7. The van der Waals surface area contributed by atoms with Gasteiger partial charge in [-0.3, -0.25) is 9.69 Å². The van der Waals surface area contributed by atoms with Gasteiger partial charge in [0.1, 0.15) is 0 Å². The normalized spacial score (nSPS) is 15.5. The van der Waals surface area contributed by atoms with E-state index < -0.39 is 6.10 Å². The third-order valence-corrected chi connectivity index (χ3v) is 3.81. The lowest BCUT2D eigenvalue weighted by Gasteiger charge is -2.26. The van der Waals surface area contributed by atoms with Gasteiger partial charge in [0.15, 0.2) is 5.78 Å². The average molecular weight is 303 g/mol. The highest BCUT2D eigenvalue weighted by Gasteiger charge is 2.25. The van der Waals surface area contributed by atoms with Crippen LogP contribution in [0.15, 0.2) is 36.4 Å². The van der Waals surface area contributed by atoms with E-state index in [4.69, 9.17) is 0 Å². The summed E-state index contributed by atoms with van der Waals surface area (Å²) in [5.41, 5.74) is 1.79. The summed E-state index contributed by atoms with van der Waals surface area (Å²) in [6.07, 6.45) is 1.33. The highest BCUT2D eigenvalue weighted by atomic mass is 16.3. The van der Waals surface area contributed by atoms with Crippen molar-refractivity contribution in [3.8, 4) is 0 Å². The molecule has 0 aliphatic carbocycles. The molecule has 122 valence electrons. The van der Waals surface area contributed by atoms with Gasteiger partial charge in [0.05, 0.1) is 12.1 Å². The maximum absolute atomic E-state index is 12.5. The minimum absolute atomic E-state index is 0.0446. The van der Waals surface area contributed by atoms with Crippen LogP contribution >= 0.6 is 0 Å². The van der Waals surface area contributed by atoms with E-state index in [1.165, 1.54) is 0 Å². The Morgan fingerprint density at radius 1 is 1.09 bits per heavy atom. The molecule has 0 aromatic heterocycles. The zero-order valence-corrected chi connectivity index (χ0v) is 14.6. The Bertz CT molecular complexity index is 503. The number of carbonyl (C=O) groups excluding carboxylic acids is 1. The lowest BCUT2D eigenvalue weighted by Crippen LogP contribution is -2.37. The molecule has 0 bridgehead atoms. The second-order valence-corrected chi connectivity index (χ2v) is 6.64. The van der Waals surface area contributed by atoms with E-state index in [-0.39, 0.29) is 23.7 Å². The summed E-state index contributed by atoms with van der Waals surface area (Å²) in [5, 5.41) is 10.6. The minimum Gasteiger partial charge on any atom is -0.388 e. The summed E-state index contributed by atoms with van der Waals surface area (Å²) < 4.78 is 0. The molecule has 0 fully saturated rings. The molecule has 0 saturated carbocycles. The van der Waals surface area contributed by atoms with Crippen LogP contribution in [0.3, 0.4) is 0 Å². The number of carbonyl (C=O) groups is 1. The summed E-state index contributed by atoms with van der Waals surface area (Å²) >= 11 is 0. The van der Waals surface area contributed by atoms with Gasteiger partial charge in [0, 0.05) is 5.92 Å². The fourth-order valence-corrected chi connectivity index (χ4v) is 2.35. The van der Waals surface area contributed by atoms with Gasteiger partial charge in [-0.15, -0.1) is 0 Å². The number of aliphatic hydroxyl groups is 1. The molecule has 0 heterocycles. The van der Waals surface area contributed by atoms with Gasteiger partial charge in [0.25, 0.3) is 0 Å². The van der Waals surface area contributed by atoms with Gasteiger partial charge < -0.3 is 5.11 Å². The molecular weight excluding hydrogens is 274 g/mol. The monoisotopic (exact) mass is 303 g/mol. The number of hydrogen-bond acceptors (Lipinski definition) is 3. The molecule has 0 spiro atoms. The van der Waals surface area contributed by atoms with Crippen molar-refractivity contribution in [2.75, 3.05) is 14.1 Å². The van der Waals surface area contributed by atoms with Crippen molar-refractivity contribution < 1.29 is 9.90 Å². The lowest BCUT2D eigenvalue weighted by atomic mass is 9.89. The maximum Gasteiger partial charge on any atom is 0.156 e. The SMILES string of the molecule is CC(C)C(=O)C(C=C(c1ccccc1)C(O)C(C)C)N(C)C. The number of benzene rings is 1. The molecule has 1 rings (SSSR count). The Morgan fingerprint density at radius 3 is 2.05 bits per heavy atom. The highest BCUT2D eigenvalue weighted by molar-refractivity contribution is 5.89. The molecule has 0 amide bonds. The summed E-state index contributed by atoms with van der Waals surface area (Å²) in [4.78, 5) is 14.4. The molecule has 1 N–H and O–H groups in total. The van der Waals surface area contributed by atoms with E-state index in [0.717, 1.165) is 11.1 Å². The molecule has 1 aromatic carbocycles. The van der Waals surface area contributed by atoms with Crippen LogP contribution in [0.5, 0.6) is 0 Å². The van der Waals surface area contributed by atoms with Crippen LogP contribution in [0, 0.1) is 11.8 Å². The first kappa shape index (κ1) is 18.6. The molecule has 22 heavy (non-hydrogen) atoms. The quantitative estimate of drug-likeness (QED) is 0.840. The van der Waals surface area contributed by atoms with E-state index in [1.54, 1.807) is 0 Å². The molecule has 0 radical (unpaired) electrons. The van der Waals surface area contributed by atoms with E-state index in [2.05, 4.69) is 0 Å². The summed E-state index contributed by atoms with van der Waals surface area (Å²) in [6.45, 7) is 7.79. The zero-order chi connectivity index (χ0) is 16.9. The summed E-state index contributed by atoms with van der Waals surface area (Å²) in [7, 11) is 3.79. The predicted molar refractivity (Wildman–Crippen MR) is 92.6 cm³/mol. The van der Waals surface area contributed by atoms with Gasteiger partial charge >= 0.3 is 0 Å². The second-order valence-electron chi connectivity index (χ2n) is 6.64. The van der Waals surface area contributed by atoms with Gasteiger partial charge in [0.2, 0.25) is 0 Å². The van der Waals surface area contributed by atoms with Crippen molar-refractivity contribution >= 4 is 11.4 Å².